The molecule has 0 spiro atoms. The molecule has 0 saturated heterocycles. The van der Waals surface area contributed by atoms with E-state index >= 15 is 0 Å². The Hall–Kier alpha value is -2.44. The maximum atomic E-state index is 13.1. The average molecular weight is 425 g/mol. The first-order valence-electron chi connectivity index (χ1n) is 10.2. The van der Waals surface area contributed by atoms with Gasteiger partial charge < -0.3 is 4.74 Å². The molecule has 30 heavy (non-hydrogen) atoms. The van der Waals surface area contributed by atoms with E-state index in [9.17, 15) is 9.59 Å². The van der Waals surface area contributed by atoms with Crippen LogP contribution in [-0.2, 0) is 11.3 Å². The number of thioether (sulfide) groups is 1. The van der Waals surface area contributed by atoms with Crippen molar-refractivity contribution in [3.05, 3.63) is 69.5 Å². The number of aromatic nitrogens is 2. The van der Waals surface area contributed by atoms with Gasteiger partial charge in [0.15, 0.2) is 10.9 Å². The third-order valence-corrected chi connectivity index (χ3v) is 5.81. The topological polar surface area (TPSA) is 61.2 Å². The van der Waals surface area contributed by atoms with Crippen molar-refractivity contribution in [1.82, 2.24) is 9.55 Å². The number of aryl methyl sites for hydroxylation is 2. The fourth-order valence-corrected chi connectivity index (χ4v) is 4.15. The van der Waals surface area contributed by atoms with Gasteiger partial charge in [-0.05, 0) is 57.9 Å². The predicted octanol–water partition coefficient (Wildman–Crippen LogP) is 4.80. The van der Waals surface area contributed by atoms with Crippen LogP contribution in [0, 0.1) is 13.8 Å². The van der Waals surface area contributed by atoms with E-state index in [-0.39, 0.29) is 23.2 Å². The van der Waals surface area contributed by atoms with Crippen molar-refractivity contribution in [2.24, 2.45) is 0 Å². The van der Waals surface area contributed by atoms with E-state index in [1.807, 2.05) is 64.1 Å². The van der Waals surface area contributed by atoms with Crippen molar-refractivity contribution in [3.8, 4) is 0 Å². The molecule has 5 nitrogen and oxygen atoms in total. The zero-order valence-corrected chi connectivity index (χ0v) is 18.8. The van der Waals surface area contributed by atoms with E-state index in [0.717, 1.165) is 16.7 Å². The van der Waals surface area contributed by atoms with Crippen LogP contribution in [0.3, 0.4) is 0 Å². The Morgan fingerprint density at radius 2 is 1.93 bits per heavy atom. The standard InChI is InChI=1S/C24H28N2O3S/c1-16(2)29-13-7-12-26-23(28)19-8-5-6-9-21(19)25-24(26)30-15-22(27)20-14-17(3)10-11-18(20)4/h5-6,8-11,14,16H,7,12-13,15H2,1-4H3. The smallest absolute Gasteiger partial charge is 0.262 e. The molecular weight excluding hydrogens is 396 g/mol. The molecular formula is C24H28N2O3S. The highest BCUT2D eigenvalue weighted by Crippen LogP contribution is 2.21. The largest absolute Gasteiger partial charge is 0.379 e. The number of hydrogen-bond acceptors (Lipinski definition) is 5. The molecule has 3 rings (SSSR count). The fourth-order valence-electron chi connectivity index (χ4n) is 3.24. The second-order valence-electron chi connectivity index (χ2n) is 7.67. The van der Waals surface area contributed by atoms with E-state index in [0.29, 0.717) is 35.6 Å². The first-order chi connectivity index (χ1) is 14.4. The second-order valence-corrected chi connectivity index (χ2v) is 8.61. The fraction of sp³-hybridized carbons (Fsp3) is 0.375. The lowest BCUT2D eigenvalue weighted by molar-refractivity contribution is 0.0743. The van der Waals surface area contributed by atoms with Crippen LogP contribution in [0.25, 0.3) is 10.9 Å². The Kier molecular flexibility index (Phi) is 7.45. The number of para-hydroxylation sites is 1. The minimum atomic E-state index is -0.0770. The molecule has 2 aromatic carbocycles. The Balaban J connectivity index is 1.85. The molecule has 0 aliphatic heterocycles. The zero-order chi connectivity index (χ0) is 21.7. The van der Waals surface area contributed by atoms with Crippen molar-refractivity contribution in [1.29, 1.82) is 0 Å². The number of ketones is 1. The summed E-state index contributed by atoms with van der Waals surface area (Å²) in [6.07, 6.45) is 0.858. The molecule has 0 aliphatic rings. The van der Waals surface area contributed by atoms with Gasteiger partial charge in [-0.1, -0.05) is 41.6 Å². The van der Waals surface area contributed by atoms with Gasteiger partial charge in [0.2, 0.25) is 0 Å². The summed E-state index contributed by atoms with van der Waals surface area (Å²) in [5, 5.41) is 1.16. The molecule has 1 heterocycles. The van der Waals surface area contributed by atoms with Crippen molar-refractivity contribution in [2.45, 2.75) is 51.9 Å². The number of rotatable bonds is 9. The van der Waals surface area contributed by atoms with E-state index in [4.69, 9.17) is 4.74 Å². The van der Waals surface area contributed by atoms with Crippen LogP contribution < -0.4 is 5.56 Å². The lowest BCUT2D eigenvalue weighted by atomic mass is 10.0. The summed E-state index contributed by atoms with van der Waals surface area (Å²) < 4.78 is 7.29. The highest BCUT2D eigenvalue weighted by Gasteiger charge is 2.15. The number of benzene rings is 2. The Labute approximate surface area is 181 Å². The molecule has 0 radical (unpaired) electrons. The number of nitrogens with zero attached hydrogens (tertiary/aromatic N) is 2. The van der Waals surface area contributed by atoms with Crippen LogP contribution in [0.5, 0.6) is 0 Å². The molecule has 158 valence electrons. The average Bonchev–Trinajstić information content (AvgIpc) is 2.72. The number of hydrogen-bond donors (Lipinski definition) is 0. The van der Waals surface area contributed by atoms with Gasteiger partial charge in [0, 0.05) is 18.7 Å². The van der Waals surface area contributed by atoms with Gasteiger partial charge in [-0.15, -0.1) is 0 Å². The second kappa shape index (κ2) is 10.0. The summed E-state index contributed by atoms with van der Waals surface area (Å²) in [5.74, 6) is 0.274. The summed E-state index contributed by atoms with van der Waals surface area (Å²) in [6, 6.07) is 13.2. The molecule has 0 amide bonds. The quantitative estimate of drug-likeness (QED) is 0.214. The van der Waals surface area contributed by atoms with Crippen molar-refractivity contribution >= 4 is 28.4 Å². The van der Waals surface area contributed by atoms with Gasteiger partial charge in [-0.2, -0.15) is 0 Å². The molecule has 0 N–H and O–H groups in total. The maximum Gasteiger partial charge on any atom is 0.262 e. The van der Waals surface area contributed by atoms with Gasteiger partial charge in [-0.25, -0.2) is 4.98 Å². The number of fused-ring (bicyclic) bond motifs is 1. The summed E-state index contributed by atoms with van der Waals surface area (Å²) >= 11 is 1.32. The van der Waals surface area contributed by atoms with Crippen LogP contribution in [-0.4, -0.2) is 33.8 Å². The van der Waals surface area contributed by atoms with E-state index in [1.54, 1.807) is 10.6 Å². The summed E-state index contributed by atoms with van der Waals surface area (Å²) in [4.78, 5) is 30.6. The summed E-state index contributed by atoms with van der Waals surface area (Å²) in [5.41, 5.74) is 3.31. The monoisotopic (exact) mass is 424 g/mol. The van der Waals surface area contributed by atoms with Crippen LogP contribution in [0.1, 0.15) is 41.8 Å². The van der Waals surface area contributed by atoms with Gasteiger partial charge >= 0.3 is 0 Å². The van der Waals surface area contributed by atoms with Crippen molar-refractivity contribution in [2.75, 3.05) is 12.4 Å². The van der Waals surface area contributed by atoms with Crippen LogP contribution in [0.15, 0.2) is 52.4 Å². The first kappa shape index (κ1) is 22.2. The SMILES string of the molecule is Cc1ccc(C)c(C(=O)CSc2nc3ccccc3c(=O)n2CCCOC(C)C)c1. The summed E-state index contributed by atoms with van der Waals surface area (Å²) in [6.45, 7) is 8.97. The number of carbonyl (C=O) groups excluding carboxylic acids is 1. The lowest BCUT2D eigenvalue weighted by Crippen LogP contribution is -2.24. The van der Waals surface area contributed by atoms with Gasteiger partial charge in [-0.3, -0.25) is 14.2 Å². The molecule has 0 saturated carbocycles. The Morgan fingerprint density at radius 3 is 2.70 bits per heavy atom. The van der Waals surface area contributed by atoms with Crippen LogP contribution >= 0.6 is 11.8 Å². The third-order valence-electron chi connectivity index (χ3n) is 4.83. The highest BCUT2D eigenvalue weighted by atomic mass is 32.2. The number of carbonyl (C=O) groups is 1. The molecule has 0 aliphatic carbocycles. The molecule has 0 fully saturated rings. The maximum absolute atomic E-state index is 13.1. The van der Waals surface area contributed by atoms with E-state index in [2.05, 4.69) is 4.98 Å². The number of Topliss-reactive ketones (excluding diaryl/α,β-unsaturated/α-hetero) is 1. The van der Waals surface area contributed by atoms with E-state index < -0.39 is 0 Å². The predicted molar refractivity (Wildman–Crippen MR) is 123 cm³/mol. The van der Waals surface area contributed by atoms with Crippen molar-refractivity contribution < 1.29 is 9.53 Å². The number of ether oxygens (including phenoxy) is 1. The highest BCUT2D eigenvalue weighted by molar-refractivity contribution is 7.99. The minimum absolute atomic E-state index is 0.0401. The van der Waals surface area contributed by atoms with Crippen LogP contribution in [0.2, 0.25) is 0 Å². The Morgan fingerprint density at radius 1 is 1.17 bits per heavy atom. The lowest BCUT2D eigenvalue weighted by Gasteiger charge is -2.14. The molecule has 3 aromatic rings. The first-order valence-corrected chi connectivity index (χ1v) is 11.2. The molecule has 1 aromatic heterocycles. The minimum Gasteiger partial charge on any atom is -0.379 e. The summed E-state index contributed by atoms with van der Waals surface area (Å²) in [7, 11) is 0. The van der Waals surface area contributed by atoms with E-state index in [1.165, 1.54) is 11.8 Å². The molecule has 6 heteroatoms. The van der Waals surface area contributed by atoms with Crippen molar-refractivity contribution in [3.63, 3.8) is 0 Å². The van der Waals surface area contributed by atoms with Gasteiger partial charge in [0.1, 0.15) is 0 Å². The normalized spacial score (nSPS) is 11.4. The van der Waals surface area contributed by atoms with Gasteiger partial charge in [0.05, 0.1) is 22.8 Å². The Bertz CT molecular complexity index is 1110. The third kappa shape index (κ3) is 5.37. The molecule has 0 unspecified atom stereocenters. The van der Waals surface area contributed by atoms with Gasteiger partial charge in [0.25, 0.3) is 5.56 Å². The molecule has 0 atom stereocenters. The zero-order valence-electron chi connectivity index (χ0n) is 18.0. The molecule has 0 bridgehead atoms. The van der Waals surface area contributed by atoms with Crippen LogP contribution in [0.4, 0.5) is 0 Å².